The van der Waals surface area contributed by atoms with Gasteiger partial charge in [-0.3, -0.25) is 4.79 Å². The lowest BCUT2D eigenvalue weighted by Crippen LogP contribution is -2.24. The Bertz CT molecular complexity index is 611. The normalized spacial score (nSPS) is 9.20. The molecule has 0 atom stereocenters. The maximum atomic E-state index is 11.7. The summed E-state index contributed by atoms with van der Waals surface area (Å²) in [7, 11) is 0. The summed E-state index contributed by atoms with van der Waals surface area (Å²) < 4.78 is 5.61. The third kappa shape index (κ3) is 4.29. The van der Waals surface area contributed by atoms with Gasteiger partial charge in [-0.25, -0.2) is 0 Å². The van der Waals surface area contributed by atoms with Crippen LogP contribution in [0.3, 0.4) is 0 Å². The molecule has 0 spiro atoms. The average Bonchev–Trinajstić information content (AvgIpc) is 2.39. The summed E-state index contributed by atoms with van der Waals surface area (Å²) in [4.78, 5) is 15.1. The van der Waals surface area contributed by atoms with Crippen LogP contribution >= 0.6 is 12.4 Å². The fourth-order valence-corrected chi connectivity index (χ4v) is 1.50. The lowest BCUT2D eigenvalue weighted by molar-refractivity contribution is 0.100. The van der Waals surface area contributed by atoms with E-state index in [-0.39, 0.29) is 18.4 Å². The van der Waals surface area contributed by atoms with Crippen LogP contribution in [0.2, 0.25) is 0 Å². The van der Waals surface area contributed by atoms with E-state index in [0.717, 1.165) is 0 Å². The molecule has 2 aromatic rings. The molecule has 5 nitrogen and oxygen atoms in total. The minimum atomic E-state index is -0.501. The van der Waals surface area contributed by atoms with Gasteiger partial charge in [0.15, 0.2) is 5.96 Å². The number of ether oxygens (including phenoxy) is 1. The van der Waals surface area contributed by atoms with Crippen molar-refractivity contribution in [1.29, 1.82) is 0 Å². The van der Waals surface area contributed by atoms with E-state index in [1.165, 1.54) is 0 Å². The number of aliphatic imine (C=N–C) groups is 1. The molecule has 0 aliphatic rings. The number of hydrogen-bond donors (Lipinski definition) is 2. The van der Waals surface area contributed by atoms with Crippen molar-refractivity contribution in [3.8, 4) is 11.5 Å². The summed E-state index contributed by atoms with van der Waals surface area (Å²) in [6.45, 7) is 0. The minimum Gasteiger partial charge on any atom is -0.457 e. The summed E-state index contributed by atoms with van der Waals surface area (Å²) >= 11 is 0. The van der Waals surface area contributed by atoms with Gasteiger partial charge in [-0.2, -0.15) is 4.99 Å². The number of amides is 1. The number of hydrogen-bond acceptors (Lipinski definition) is 2. The fraction of sp³-hybridized carbons (Fsp3) is 0. The van der Waals surface area contributed by atoms with E-state index in [9.17, 15) is 4.79 Å². The number of nitrogens with two attached hydrogens (primary N) is 2. The maximum Gasteiger partial charge on any atom is 0.280 e. The van der Waals surface area contributed by atoms with Crippen LogP contribution < -0.4 is 16.2 Å². The summed E-state index contributed by atoms with van der Waals surface area (Å²) in [6.07, 6.45) is 0. The Kier molecular flexibility index (Phi) is 5.56. The Hall–Kier alpha value is -2.53. The molecular weight excluding hydrogens is 278 g/mol. The highest BCUT2D eigenvalue weighted by molar-refractivity contribution is 6.02. The summed E-state index contributed by atoms with van der Waals surface area (Å²) in [6, 6.07) is 15.9. The van der Waals surface area contributed by atoms with Crippen molar-refractivity contribution in [3.05, 3.63) is 60.2 Å². The third-order valence-electron chi connectivity index (χ3n) is 2.29. The Labute approximate surface area is 122 Å². The zero-order valence-corrected chi connectivity index (χ0v) is 11.3. The van der Waals surface area contributed by atoms with E-state index < -0.39 is 5.91 Å². The molecule has 4 N–H and O–H groups in total. The SMILES string of the molecule is Cl.NC(N)=NC(=O)c1cccc(Oc2ccccc2)c1. The number of halogens is 1. The summed E-state index contributed by atoms with van der Waals surface area (Å²) in [5.41, 5.74) is 10.7. The number of benzene rings is 2. The molecule has 2 aromatic carbocycles. The molecule has 1 amide bonds. The van der Waals surface area contributed by atoms with Crippen molar-refractivity contribution in [3.63, 3.8) is 0 Å². The molecule has 0 bridgehead atoms. The van der Waals surface area contributed by atoms with Gasteiger partial charge in [0.2, 0.25) is 0 Å². The Morgan fingerprint density at radius 1 is 0.950 bits per heavy atom. The van der Waals surface area contributed by atoms with Gasteiger partial charge >= 0.3 is 0 Å². The Balaban J connectivity index is 0.00000200. The van der Waals surface area contributed by atoms with E-state index >= 15 is 0 Å². The van der Waals surface area contributed by atoms with Gasteiger partial charge in [0.05, 0.1) is 0 Å². The molecule has 0 saturated heterocycles. The first kappa shape index (κ1) is 15.5. The first-order valence-corrected chi connectivity index (χ1v) is 5.62. The zero-order chi connectivity index (χ0) is 13.7. The molecule has 0 aliphatic carbocycles. The molecule has 0 aromatic heterocycles. The van der Waals surface area contributed by atoms with Crippen molar-refractivity contribution in [2.75, 3.05) is 0 Å². The van der Waals surface area contributed by atoms with E-state index in [4.69, 9.17) is 16.2 Å². The quantitative estimate of drug-likeness (QED) is 0.670. The van der Waals surface area contributed by atoms with Gasteiger partial charge in [-0.15, -0.1) is 12.4 Å². The molecule has 0 radical (unpaired) electrons. The van der Waals surface area contributed by atoms with E-state index in [1.54, 1.807) is 24.3 Å². The number of nitrogens with zero attached hydrogens (tertiary/aromatic N) is 1. The zero-order valence-electron chi connectivity index (χ0n) is 10.5. The van der Waals surface area contributed by atoms with E-state index in [0.29, 0.717) is 17.1 Å². The molecule has 0 unspecified atom stereocenters. The van der Waals surface area contributed by atoms with Crippen molar-refractivity contribution < 1.29 is 9.53 Å². The molecule has 104 valence electrons. The highest BCUT2D eigenvalue weighted by atomic mass is 35.5. The van der Waals surface area contributed by atoms with Crippen LogP contribution in [0, 0.1) is 0 Å². The van der Waals surface area contributed by atoms with E-state index in [1.807, 2.05) is 30.3 Å². The third-order valence-corrected chi connectivity index (χ3v) is 2.29. The van der Waals surface area contributed by atoms with E-state index in [2.05, 4.69) is 4.99 Å². The van der Waals surface area contributed by atoms with Gasteiger partial charge in [-0.05, 0) is 30.3 Å². The Morgan fingerprint density at radius 3 is 2.25 bits per heavy atom. The number of carbonyl (C=O) groups is 1. The maximum absolute atomic E-state index is 11.7. The highest BCUT2D eigenvalue weighted by Gasteiger charge is 2.06. The molecule has 0 aliphatic heterocycles. The van der Waals surface area contributed by atoms with Gasteiger partial charge < -0.3 is 16.2 Å². The highest BCUT2D eigenvalue weighted by Crippen LogP contribution is 2.21. The first-order chi connectivity index (χ1) is 9.15. The first-order valence-electron chi connectivity index (χ1n) is 5.62. The van der Waals surface area contributed by atoms with Gasteiger partial charge in [0.25, 0.3) is 5.91 Å². The predicted octanol–water partition coefficient (Wildman–Crippen LogP) is 2.31. The van der Waals surface area contributed by atoms with Gasteiger partial charge in [-0.1, -0.05) is 24.3 Å². The van der Waals surface area contributed by atoms with Gasteiger partial charge in [0.1, 0.15) is 11.5 Å². The predicted molar refractivity (Wildman–Crippen MR) is 80.3 cm³/mol. The average molecular weight is 292 g/mol. The number of carbonyl (C=O) groups excluding carboxylic acids is 1. The summed E-state index contributed by atoms with van der Waals surface area (Å²) in [5.74, 6) is 0.467. The number of para-hydroxylation sites is 1. The van der Waals surface area contributed by atoms with Crippen LogP contribution in [0.5, 0.6) is 11.5 Å². The number of guanidine groups is 1. The van der Waals surface area contributed by atoms with Crippen molar-refractivity contribution in [1.82, 2.24) is 0 Å². The smallest absolute Gasteiger partial charge is 0.280 e. The monoisotopic (exact) mass is 291 g/mol. The summed E-state index contributed by atoms with van der Waals surface area (Å²) in [5, 5.41) is 0. The van der Waals surface area contributed by atoms with Crippen LogP contribution in [-0.2, 0) is 0 Å². The lowest BCUT2D eigenvalue weighted by Gasteiger charge is -2.06. The fourth-order valence-electron chi connectivity index (χ4n) is 1.50. The second-order valence-corrected chi connectivity index (χ2v) is 3.78. The van der Waals surface area contributed by atoms with Crippen LogP contribution in [0.1, 0.15) is 10.4 Å². The van der Waals surface area contributed by atoms with Crippen molar-refractivity contribution in [2.45, 2.75) is 0 Å². The standard InChI is InChI=1S/C14H13N3O2.ClH/c15-14(16)17-13(18)10-5-4-8-12(9-10)19-11-6-2-1-3-7-11;/h1-9H,(H4,15,16,17,18);1H. The van der Waals surface area contributed by atoms with Crippen LogP contribution in [-0.4, -0.2) is 11.9 Å². The van der Waals surface area contributed by atoms with Crippen LogP contribution in [0.15, 0.2) is 59.6 Å². The Morgan fingerprint density at radius 2 is 1.60 bits per heavy atom. The van der Waals surface area contributed by atoms with Crippen molar-refractivity contribution >= 4 is 24.3 Å². The van der Waals surface area contributed by atoms with Crippen LogP contribution in [0.25, 0.3) is 0 Å². The lowest BCUT2D eigenvalue weighted by atomic mass is 10.2. The second kappa shape index (κ2) is 7.16. The molecule has 0 saturated carbocycles. The second-order valence-electron chi connectivity index (χ2n) is 3.78. The molecule has 20 heavy (non-hydrogen) atoms. The molecular formula is C14H14ClN3O2. The topological polar surface area (TPSA) is 90.7 Å². The molecule has 6 heteroatoms. The van der Waals surface area contributed by atoms with Crippen molar-refractivity contribution in [2.24, 2.45) is 16.5 Å². The molecule has 2 rings (SSSR count). The number of rotatable bonds is 3. The van der Waals surface area contributed by atoms with Gasteiger partial charge in [0, 0.05) is 5.56 Å². The van der Waals surface area contributed by atoms with Crippen LogP contribution in [0.4, 0.5) is 0 Å². The largest absolute Gasteiger partial charge is 0.457 e. The molecule has 0 heterocycles. The molecule has 0 fully saturated rings. The minimum absolute atomic E-state index is 0.